The zero-order chi connectivity index (χ0) is 16.4. The Morgan fingerprint density at radius 1 is 1.09 bits per heavy atom. The summed E-state index contributed by atoms with van der Waals surface area (Å²) in [6, 6.07) is 14.4. The molecule has 2 aromatic carbocycles. The molecule has 0 unspecified atom stereocenters. The van der Waals surface area contributed by atoms with Crippen LogP contribution < -0.4 is 4.90 Å². The van der Waals surface area contributed by atoms with E-state index in [4.69, 9.17) is 23.2 Å². The standard InChI is InChI=1S/C17H12Cl2N2OS/c1-21(16(22)13-4-2-3-5-14(13)19)17-20-15(10-23-17)11-6-8-12(18)9-7-11/h2-10H,1H3. The summed E-state index contributed by atoms with van der Waals surface area (Å²) in [6.07, 6.45) is 0. The van der Waals surface area contributed by atoms with Crippen molar-refractivity contribution in [1.82, 2.24) is 4.98 Å². The monoisotopic (exact) mass is 362 g/mol. The first-order valence-corrected chi connectivity index (χ1v) is 8.44. The Bertz CT molecular complexity index is 846. The molecule has 1 amide bonds. The topological polar surface area (TPSA) is 33.2 Å². The molecule has 0 aliphatic heterocycles. The van der Waals surface area contributed by atoms with E-state index in [1.165, 1.54) is 16.2 Å². The highest BCUT2D eigenvalue weighted by molar-refractivity contribution is 7.14. The molecule has 0 spiro atoms. The van der Waals surface area contributed by atoms with Crippen molar-refractivity contribution in [1.29, 1.82) is 0 Å². The molecule has 116 valence electrons. The van der Waals surface area contributed by atoms with Crippen molar-refractivity contribution in [2.75, 3.05) is 11.9 Å². The van der Waals surface area contributed by atoms with Crippen molar-refractivity contribution >= 4 is 45.6 Å². The Balaban J connectivity index is 1.86. The minimum Gasteiger partial charge on any atom is -0.287 e. The molecule has 0 aliphatic carbocycles. The van der Waals surface area contributed by atoms with Gasteiger partial charge in [-0.3, -0.25) is 9.69 Å². The molecule has 3 aromatic rings. The van der Waals surface area contributed by atoms with E-state index in [9.17, 15) is 4.79 Å². The molecular weight excluding hydrogens is 351 g/mol. The minimum atomic E-state index is -0.187. The van der Waals surface area contributed by atoms with Gasteiger partial charge in [0, 0.05) is 23.0 Å². The summed E-state index contributed by atoms with van der Waals surface area (Å²) < 4.78 is 0. The second-order valence-corrected chi connectivity index (χ2v) is 6.55. The number of thiazole rings is 1. The number of hydrogen-bond donors (Lipinski definition) is 0. The first kappa shape index (κ1) is 16.0. The van der Waals surface area contributed by atoms with Crippen LogP contribution in [0, 0.1) is 0 Å². The predicted molar refractivity (Wildman–Crippen MR) is 96.7 cm³/mol. The SMILES string of the molecule is CN(C(=O)c1ccccc1Cl)c1nc(-c2ccc(Cl)cc2)cs1. The highest BCUT2D eigenvalue weighted by atomic mass is 35.5. The summed E-state index contributed by atoms with van der Waals surface area (Å²) in [5.41, 5.74) is 2.22. The van der Waals surface area contributed by atoms with Gasteiger partial charge in [0.15, 0.2) is 5.13 Å². The Morgan fingerprint density at radius 2 is 1.78 bits per heavy atom. The van der Waals surface area contributed by atoms with Crippen molar-refractivity contribution in [2.45, 2.75) is 0 Å². The number of benzene rings is 2. The van der Waals surface area contributed by atoms with Crippen LogP contribution in [0.1, 0.15) is 10.4 Å². The van der Waals surface area contributed by atoms with Gasteiger partial charge in [-0.15, -0.1) is 11.3 Å². The third-order valence-corrected chi connectivity index (χ3v) is 4.83. The van der Waals surface area contributed by atoms with Gasteiger partial charge in [-0.2, -0.15) is 0 Å². The van der Waals surface area contributed by atoms with E-state index in [2.05, 4.69) is 4.98 Å². The first-order chi connectivity index (χ1) is 11.1. The molecular formula is C17H12Cl2N2OS. The molecule has 0 N–H and O–H groups in total. The van der Waals surface area contributed by atoms with Crippen molar-refractivity contribution in [2.24, 2.45) is 0 Å². The van der Waals surface area contributed by atoms with Crippen LogP contribution in [0.25, 0.3) is 11.3 Å². The van der Waals surface area contributed by atoms with Crippen LogP contribution >= 0.6 is 34.5 Å². The van der Waals surface area contributed by atoms with Gasteiger partial charge < -0.3 is 0 Å². The lowest BCUT2D eigenvalue weighted by molar-refractivity contribution is 0.0993. The van der Waals surface area contributed by atoms with Crippen LogP contribution in [0.5, 0.6) is 0 Å². The number of carbonyl (C=O) groups excluding carboxylic acids is 1. The lowest BCUT2D eigenvalue weighted by Gasteiger charge is -2.14. The van der Waals surface area contributed by atoms with Crippen molar-refractivity contribution in [3.8, 4) is 11.3 Å². The summed E-state index contributed by atoms with van der Waals surface area (Å²) in [4.78, 5) is 18.6. The Kier molecular flexibility index (Phi) is 4.66. The maximum atomic E-state index is 12.5. The van der Waals surface area contributed by atoms with Crippen LogP contribution in [-0.4, -0.2) is 17.9 Å². The number of amides is 1. The van der Waals surface area contributed by atoms with E-state index in [-0.39, 0.29) is 5.91 Å². The lowest BCUT2D eigenvalue weighted by atomic mass is 10.2. The summed E-state index contributed by atoms with van der Waals surface area (Å²) in [5.74, 6) is -0.187. The Labute approximate surface area is 148 Å². The fourth-order valence-electron chi connectivity index (χ4n) is 2.07. The van der Waals surface area contributed by atoms with Gasteiger partial charge in [-0.25, -0.2) is 4.98 Å². The molecule has 1 heterocycles. The van der Waals surface area contributed by atoms with E-state index in [0.717, 1.165) is 11.3 Å². The largest absolute Gasteiger partial charge is 0.287 e. The second-order valence-electron chi connectivity index (χ2n) is 4.87. The smallest absolute Gasteiger partial charge is 0.261 e. The number of halogens is 2. The van der Waals surface area contributed by atoms with Crippen LogP contribution in [0.3, 0.4) is 0 Å². The van der Waals surface area contributed by atoms with Crippen molar-refractivity contribution in [3.63, 3.8) is 0 Å². The molecule has 3 rings (SSSR count). The van der Waals surface area contributed by atoms with Crippen LogP contribution in [0.4, 0.5) is 5.13 Å². The lowest BCUT2D eigenvalue weighted by Crippen LogP contribution is -2.26. The van der Waals surface area contributed by atoms with E-state index >= 15 is 0 Å². The minimum absolute atomic E-state index is 0.187. The predicted octanol–water partition coefficient (Wildman–Crippen LogP) is 5.39. The number of carbonyl (C=O) groups is 1. The van der Waals surface area contributed by atoms with Gasteiger partial charge in [0.05, 0.1) is 16.3 Å². The van der Waals surface area contributed by atoms with Gasteiger partial charge in [-0.1, -0.05) is 47.5 Å². The summed E-state index contributed by atoms with van der Waals surface area (Å²) in [7, 11) is 1.69. The molecule has 0 atom stereocenters. The normalized spacial score (nSPS) is 10.6. The molecule has 23 heavy (non-hydrogen) atoms. The van der Waals surface area contributed by atoms with Gasteiger partial charge >= 0.3 is 0 Å². The maximum Gasteiger partial charge on any atom is 0.261 e. The molecule has 0 aliphatic rings. The fraction of sp³-hybridized carbons (Fsp3) is 0.0588. The van der Waals surface area contributed by atoms with Gasteiger partial charge in [-0.05, 0) is 24.3 Å². The molecule has 0 bridgehead atoms. The third kappa shape index (κ3) is 3.39. The Hall–Kier alpha value is -1.88. The number of aromatic nitrogens is 1. The van der Waals surface area contributed by atoms with Gasteiger partial charge in [0.2, 0.25) is 0 Å². The summed E-state index contributed by atoms with van der Waals surface area (Å²) in [6.45, 7) is 0. The summed E-state index contributed by atoms with van der Waals surface area (Å²) in [5, 5.41) is 3.63. The number of anilines is 1. The van der Waals surface area contributed by atoms with Crippen LogP contribution in [0.15, 0.2) is 53.9 Å². The third-order valence-electron chi connectivity index (χ3n) is 3.33. The second kappa shape index (κ2) is 6.71. The molecule has 0 radical (unpaired) electrons. The van der Waals surface area contributed by atoms with Gasteiger partial charge in [0.1, 0.15) is 0 Å². The average Bonchev–Trinajstić information content (AvgIpc) is 3.04. The highest BCUT2D eigenvalue weighted by Crippen LogP contribution is 2.29. The van der Waals surface area contributed by atoms with E-state index in [1.54, 1.807) is 31.3 Å². The molecule has 6 heteroatoms. The van der Waals surface area contributed by atoms with E-state index in [0.29, 0.717) is 20.7 Å². The average molecular weight is 363 g/mol. The van der Waals surface area contributed by atoms with Crippen LogP contribution in [0.2, 0.25) is 10.0 Å². The van der Waals surface area contributed by atoms with Crippen molar-refractivity contribution < 1.29 is 4.79 Å². The Morgan fingerprint density at radius 3 is 2.48 bits per heavy atom. The maximum absolute atomic E-state index is 12.5. The molecule has 1 aromatic heterocycles. The zero-order valence-electron chi connectivity index (χ0n) is 12.2. The molecule has 3 nitrogen and oxygen atoms in total. The fourth-order valence-corrected chi connectivity index (χ4v) is 3.21. The molecule has 0 saturated carbocycles. The van der Waals surface area contributed by atoms with Crippen LogP contribution in [-0.2, 0) is 0 Å². The first-order valence-electron chi connectivity index (χ1n) is 6.80. The molecule has 0 saturated heterocycles. The van der Waals surface area contributed by atoms with E-state index in [1.807, 2.05) is 29.6 Å². The quantitative estimate of drug-likeness (QED) is 0.625. The highest BCUT2D eigenvalue weighted by Gasteiger charge is 2.19. The molecule has 0 fully saturated rings. The van der Waals surface area contributed by atoms with E-state index < -0.39 is 0 Å². The van der Waals surface area contributed by atoms with Crippen molar-refractivity contribution in [3.05, 3.63) is 69.5 Å². The summed E-state index contributed by atoms with van der Waals surface area (Å²) >= 11 is 13.4. The van der Waals surface area contributed by atoms with Gasteiger partial charge in [0.25, 0.3) is 5.91 Å². The number of nitrogens with zero attached hydrogens (tertiary/aromatic N) is 2. The number of rotatable bonds is 3. The zero-order valence-corrected chi connectivity index (χ0v) is 14.5. The number of hydrogen-bond acceptors (Lipinski definition) is 3.